The Labute approximate surface area is 134 Å². The van der Waals surface area contributed by atoms with Crippen LogP contribution in [0.3, 0.4) is 0 Å². The lowest BCUT2D eigenvalue weighted by Gasteiger charge is -2.15. The Bertz CT molecular complexity index is 757. The van der Waals surface area contributed by atoms with Crippen molar-refractivity contribution >= 4 is 21.2 Å². The number of rotatable bonds is 6. The summed E-state index contributed by atoms with van der Waals surface area (Å²) in [5.41, 5.74) is 3.60. The van der Waals surface area contributed by atoms with Crippen LogP contribution < -0.4 is 5.32 Å². The molecule has 2 rings (SSSR count). The molecule has 120 valence electrons. The van der Waals surface area contributed by atoms with Crippen LogP contribution in [0.2, 0.25) is 0 Å². The van der Waals surface area contributed by atoms with Gasteiger partial charge >= 0.3 is 0 Å². The number of aromatic nitrogens is 1. The molecule has 1 aromatic carbocycles. The maximum Gasteiger partial charge on any atom is 0.178 e. The van der Waals surface area contributed by atoms with Gasteiger partial charge in [-0.25, -0.2) is 17.8 Å². The van der Waals surface area contributed by atoms with Gasteiger partial charge in [-0.2, -0.15) is 0 Å². The number of halogens is 1. The summed E-state index contributed by atoms with van der Waals surface area (Å²) in [4.78, 5) is 5.18. The molecule has 0 radical (unpaired) electrons. The van der Waals surface area contributed by atoms with E-state index >= 15 is 0 Å². The molecule has 1 N–H and O–H groups in total. The molecule has 2 aromatic rings. The molecule has 0 aliphatic heterocycles. The number of hydrogen-bond donors (Lipinski definition) is 1. The van der Waals surface area contributed by atoms with Crippen molar-refractivity contribution in [3.05, 3.63) is 45.7 Å². The Morgan fingerprint density at radius 3 is 2.68 bits per heavy atom. The molecule has 0 unspecified atom stereocenters. The van der Waals surface area contributed by atoms with Crippen LogP contribution in [-0.2, 0) is 16.3 Å². The fourth-order valence-electron chi connectivity index (χ4n) is 2.17. The SMILES string of the molecule is Cc1ncsc1CCN[C@@H](C)c1ccc(S(C)(=O)=O)c(F)c1. The Morgan fingerprint density at radius 2 is 2.14 bits per heavy atom. The molecule has 4 nitrogen and oxygen atoms in total. The zero-order chi connectivity index (χ0) is 16.3. The third-order valence-electron chi connectivity index (χ3n) is 3.50. The first-order chi connectivity index (χ1) is 10.3. The zero-order valence-corrected chi connectivity index (χ0v) is 14.4. The maximum atomic E-state index is 13.9. The predicted molar refractivity (Wildman–Crippen MR) is 86.5 cm³/mol. The standard InChI is InChI=1S/C15H19FN2O2S2/c1-10(17-7-6-14-11(2)18-9-21-14)12-4-5-15(13(16)8-12)22(3,19)20/h4-5,8-10,17H,6-7H2,1-3H3/t10-/m0/s1. The van der Waals surface area contributed by atoms with Gasteiger partial charge in [-0.1, -0.05) is 6.07 Å². The molecule has 0 saturated heterocycles. The lowest BCUT2D eigenvalue weighted by Crippen LogP contribution is -2.21. The van der Waals surface area contributed by atoms with Crippen molar-refractivity contribution in [1.29, 1.82) is 0 Å². The molecule has 1 atom stereocenters. The molecule has 1 heterocycles. The minimum Gasteiger partial charge on any atom is -0.310 e. The number of sulfone groups is 1. The number of aryl methyl sites for hydroxylation is 1. The fourth-order valence-corrected chi connectivity index (χ4v) is 3.68. The van der Waals surface area contributed by atoms with Crippen molar-refractivity contribution in [2.75, 3.05) is 12.8 Å². The van der Waals surface area contributed by atoms with Gasteiger partial charge in [0, 0.05) is 23.7 Å². The van der Waals surface area contributed by atoms with Crippen LogP contribution in [0.1, 0.15) is 29.1 Å². The van der Waals surface area contributed by atoms with E-state index in [9.17, 15) is 12.8 Å². The van der Waals surface area contributed by atoms with Crippen LogP contribution >= 0.6 is 11.3 Å². The number of benzene rings is 1. The van der Waals surface area contributed by atoms with Crippen molar-refractivity contribution in [2.24, 2.45) is 0 Å². The van der Waals surface area contributed by atoms with E-state index in [4.69, 9.17) is 0 Å². The largest absolute Gasteiger partial charge is 0.310 e. The molecule has 0 saturated carbocycles. The molecular formula is C15H19FN2O2S2. The molecule has 0 fully saturated rings. The normalized spacial score (nSPS) is 13.3. The highest BCUT2D eigenvalue weighted by atomic mass is 32.2. The second kappa shape index (κ2) is 6.85. The zero-order valence-electron chi connectivity index (χ0n) is 12.8. The summed E-state index contributed by atoms with van der Waals surface area (Å²) in [6.07, 6.45) is 1.87. The highest BCUT2D eigenvalue weighted by molar-refractivity contribution is 7.90. The smallest absolute Gasteiger partial charge is 0.178 e. The van der Waals surface area contributed by atoms with E-state index in [-0.39, 0.29) is 10.9 Å². The van der Waals surface area contributed by atoms with E-state index in [0.29, 0.717) is 0 Å². The van der Waals surface area contributed by atoms with Crippen molar-refractivity contribution in [2.45, 2.75) is 31.2 Å². The summed E-state index contributed by atoms with van der Waals surface area (Å²) < 4.78 is 36.7. The number of thiazole rings is 1. The molecule has 1 aromatic heterocycles. The third-order valence-corrected chi connectivity index (χ3v) is 5.63. The van der Waals surface area contributed by atoms with Gasteiger partial charge in [0.05, 0.1) is 11.2 Å². The van der Waals surface area contributed by atoms with E-state index in [0.717, 1.165) is 30.5 Å². The average molecular weight is 342 g/mol. The first-order valence-corrected chi connectivity index (χ1v) is 9.68. The van der Waals surface area contributed by atoms with E-state index in [1.165, 1.54) is 17.0 Å². The maximum absolute atomic E-state index is 13.9. The van der Waals surface area contributed by atoms with Gasteiger partial charge in [-0.3, -0.25) is 0 Å². The summed E-state index contributed by atoms with van der Waals surface area (Å²) in [6.45, 7) is 4.66. The molecular weight excluding hydrogens is 323 g/mol. The van der Waals surface area contributed by atoms with Crippen LogP contribution in [0.15, 0.2) is 28.6 Å². The van der Waals surface area contributed by atoms with E-state index in [2.05, 4.69) is 10.3 Å². The molecule has 0 aliphatic rings. The third kappa shape index (κ3) is 4.12. The van der Waals surface area contributed by atoms with Crippen LogP contribution in [0.5, 0.6) is 0 Å². The Morgan fingerprint density at radius 1 is 1.41 bits per heavy atom. The monoisotopic (exact) mass is 342 g/mol. The minimum atomic E-state index is -3.53. The van der Waals surface area contributed by atoms with Crippen molar-refractivity contribution in [1.82, 2.24) is 10.3 Å². The molecule has 0 aliphatic carbocycles. The van der Waals surface area contributed by atoms with Crippen molar-refractivity contribution < 1.29 is 12.8 Å². The van der Waals surface area contributed by atoms with Crippen LogP contribution in [0, 0.1) is 12.7 Å². The summed E-state index contributed by atoms with van der Waals surface area (Å²) in [5.74, 6) is -0.702. The molecule has 7 heteroatoms. The van der Waals surface area contributed by atoms with E-state index < -0.39 is 15.7 Å². The van der Waals surface area contributed by atoms with Gasteiger partial charge in [-0.05, 0) is 38.0 Å². The lowest BCUT2D eigenvalue weighted by atomic mass is 10.1. The summed E-state index contributed by atoms with van der Waals surface area (Å²) in [6, 6.07) is 4.20. The first-order valence-electron chi connectivity index (χ1n) is 6.91. The first kappa shape index (κ1) is 17.1. The molecule has 0 amide bonds. The average Bonchev–Trinajstić information content (AvgIpc) is 2.82. The van der Waals surface area contributed by atoms with Crippen molar-refractivity contribution in [3.63, 3.8) is 0 Å². The minimum absolute atomic E-state index is 0.0589. The number of hydrogen-bond acceptors (Lipinski definition) is 5. The number of nitrogens with zero attached hydrogens (tertiary/aromatic N) is 1. The second-order valence-electron chi connectivity index (χ2n) is 5.25. The molecule has 0 spiro atoms. The Balaban J connectivity index is 1.99. The summed E-state index contributed by atoms with van der Waals surface area (Å²) in [5, 5.41) is 3.31. The van der Waals surface area contributed by atoms with Gasteiger partial charge in [0.2, 0.25) is 0 Å². The second-order valence-corrected chi connectivity index (χ2v) is 8.17. The quantitative estimate of drug-likeness (QED) is 0.877. The Kier molecular flexibility index (Phi) is 5.31. The molecule has 22 heavy (non-hydrogen) atoms. The fraction of sp³-hybridized carbons (Fsp3) is 0.400. The van der Waals surface area contributed by atoms with Crippen LogP contribution in [0.25, 0.3) is 0 Å². The predicted octanol–water partition coefficient (Wildman–Crippen LogP) is 2.89. The summed E-state index contributed by atoms with van der Waals surface area (Å²) in [7, 11) is -3.53. The highest BCUT2D eigenvalue weighted by Gasteiger charge is 2.15. The van der Waals surface area contributed by atoms with E-state index in [1.54, 1.807) is 17.4 Å². The van der Waals surface area contributed by atoms with Crippen LogP contribution in [-0.4, -0.2) is 26.2 Å². The highest BCUT2D eigenvalue weighted by Crippen LogP contribution is 2.20. The summed E-state index contributed by atoms with van der Waals surface area (Å²) >= 11 is 1.63. The molecule has 0 bridgehead atoms. The van der Waals surface area contributed by atoms with Crippen LogP contribution in [0.4, 0.5) is 4.39 Å². The van der Waals surface area contributed by atoms with Gasteiger partial charge in [0.25, 0.3) is 0 Å². The number of nitrogens with one attached hydrogen (secondary N) is 1. The van der Waals surface area contributed by atoms with Gasteiger partial charge < -0.3 is 5.32 Å². The van der Waals surface area contributed by atoms with Gasteiger partial charge in [-0.15, -0.1) is 11.3 Å². The van der Waals surface area contributed by atoms with Gasteiger partial charge in [0.1, 0.15) is 10.7 Å². The Hall–Kier alpha value is -1.31. The van der Waals surface area contributed by atoms with E-state index in [1.807, 2.05) is 19.4 Å². The lowest BCUT2D eigenvalue weighted by molar-refractivity contribution is 0.552. The van der Waals surface area contributed by atoms with Crippen molar-refractivity contribution in [3.8, 4) is 0 Å². The van der Waals surface area contributed by atoms with Gasteiger partial charge in [0.15, 0.2) is 9.84 Å². The topological polar surface area (TPSA) is 59.1 Å².